The van der Waals surface area contributed by atoms with E-state index in [9.17, 15) is 18.0 Å². The predicted octanol–water partition coefficient (Wildman–Crippen LogP) is 1.45. The molecule has 3 rings (SSSR count). The Morgan fingerprint density at radius 3 is 2.20 bits per heavy atom. The minimum atomic E-state index is -3.07. The summed E-state index contributed by atoms with van der Waals surface area (Å²) in [5, 5.41) is 3.39. The van der Waals surface area contributed by atoms with Gasteiger partial charge in [-0.25, -0.2) is 13.2 Å². The van der Waals surface area contributed by atoms with Crippen molar-refractivity contribution in [3.63, 3.8) is 0 Å². The zero-order valence-electron chi connectivity index (χ0n) is 13.7. The molecule has 0 unspecified atom stereocenters. The van der Waals surface area contributed by atoms with Crippen LogP contribution in [0.5, 0.6) is 0 Å². The summed E-state index contributed by atoms with van der Waals surface area (Å²) in [6.45, 7) is 1.68. The highest BCUT2D eigenvalue weighted by Crippen LogP contribution is 2.21. The molecule has 25 heavy (non-hydrogen) atoms. The largest absolute Gasteiger partial charge is 0.339 e. The van der Waals surface area contributed by atoms with Crippen molar-refractivity contribution >= 4 is 39.1 Å². The SMILES string of the molecule is O=C(Nc1ccc(Cl)cc1)N1CCN(C(=O)[C@H]2CCS(=O)(=O)C2)CC1. The zero-order chi connectivity index (χ0) is 18.0. The van der Waals surface area contributed by atoms with Crippen molar-refractivity contribution in [2.75, 3.05) is 43.0 Å². The van der Waals surface area contributed by atoms with Crippen molar-refractivity contribution in [2.45, 2.75) is 6.42 Å². The Morgan fingerprint density at radius 2 is 1.64 bits per heavy atom. The highest BCUT2D eigenvalue weighted by atomic mass is 35.5. The number of carbonyl (C=O) groups is 2. The van der Waals surface area contributed by atoms with Crippen LogP contribution in [0, 0.1) is 5.92 Å². The van der Waals surface area contributed by atoms with Crippen LogP contribution in [-0.2, 0) is 14.6 Å². The maximum atomic E-state index is 12.4. The molecule has 2 aliphatic heterocycles. The molecule has 136 valence electrons. The van der Waals surface area contributed by atoms with Crippen LogP contribution < -0.4 is 5.32 Å². The summed E-state index contributed by atoms with van der Waals surface area (Å²) < 4.78 is 23.0. The molecule has 1 atom stereocenters. The van der Waals surface area contributed by atoms with E-state index in [1.807, 2.05) is 0 Å². The van der Waals surface area contributed by atoms with Crippen molar-refractivity contribution < 1.29 is 18.0 Å². The average Bonchev–Trinajstić information content (AvgIpc) is 2.96. The van der Waals surface area contributed by atoms with Gasteiger partial charge in [0.05, 0.1) is 17.4 Å². The average molecular weight is 386 g/mol. The highest BCUT2D eigenvalue weighted by Gasteiger charge is 2.36. The van der Waals surface area contributed by atoms with Crippen LogP contribution in [0.4, 0.5) is 10.5 Å². The fourth-order valence-corrected chi connectivity index (χ4v) is 4.97. The van der Waals surface area contributed by atoms with E-state index in [0.717, 1.165) is 0 Å². The summed E-state index contributed by atoms with van der Waals surface area (Å²) in [6, 6.07) is 6.62. The smallest absolute Gasteiger partial charge is 0.321 e. The van der Waals surface area contributed by atoms with Gasteiger partial charge < -0.3 is 15.1 Å². The minimum Gasteiger partial charge on any atom is -0.339 e. The van der Waals surface area contributed by atoms with Gasteiger partial charge in [0.2, 0.25) is 5.91 Å². The lowest BCUT2D eigenvalue weighted by Gasteiger charge is -2.35. The van der Waals surface area contributed by atoms with Gasteiger partial charge in [-0.1, -0.05) is 11.6 Å². The van der Waals surface area contributed by atoms with E-state index in [0.29, 0.717) is 43.3 Å². The van der Waals surface area contributed by atoms with Crippen molar-refractivity contribution in [3.8, 4) is 0 Å². The number of hydrogen-bond acceptors (Lipinski definition) is 4. The minimum absolute atomic E-state index is 0.0525. The van der Waals surface area contributed by atoms with Gasteiger partial charge in [0.1, 0.15) is 0 Å². The molecule has 0 aliphatic carbocycles. The topological polar surface area (TPSA) is 86.8 Å². The van der Waals surface area contributed by atoms with E-state index in [4.69, 9.17) is 11.6 Å². The number of benzene rings is 1. The number of hydrogen-bond donors (Lipinski definition) is 1. The summed E-state index contributed by atoms with van der Waals surface area (Å²) >= 11 is 5.82. The molecule has 0 aromatic heterocycles. The third kappa shape index (κ3) is 4.43. The quantitative estimate of drug-likeness (QED) is 0.834. The van der Waals surface area contributed by atoms with Gasteiger partial charge in [-0.2, -0.15) is 0 Å². The van der Waals surface area contributed by atoms with Crippen molar-refractivity contribution in [1.29, 1.82) is 0 Å². The Balaban J connectivity index is 1.50. The van der Waals surface area contributed by atoms with E-state index < -0.39 is 15.8 Å². The summed E-state index contributed by atoms with van der Waals surface area (Å²) in [4.78, 5) is 28.0. The molecular weight excluding hydrogens is 366 g/mol. The fourth-order valence-electron chi connectivity index (χ4n) is 3.11. The second kappa shape index (κ2) is 7.21. The number of rotatable bonds is 2. The molecule has 3 amide bonds. The molecule has 2 saturated heterocycles. The zero-order valence-corrected chi connectivity index (χ0v) is 15.2. The monoisotopic (exact) mass is 385 g/mol. The van der Waals surface area contributed by atoms with Crippen LogP contribution in [0.3, 0.4) is 0 Å². The van der Waals surface area contributed by atoms with Crippen LogP contribution >= 0.6 is 11.6 Å². The Morgan fingerprint density at radius 1 is 1.04 bits per heavy atom. The lowest BCUT2D eigenvalue weighted by Crippen LogP contribution is -2.53. The first-order chi connectivity index (χ1) is 11.8. The van der Waals surface area contributed by atoms with Gasteiger partial charge in [0.15, 0.2) is 9.84 Å². The van der Waals surface area contributed by atoms with E-state index in [-0.39, 0.29) is 23.4 Å². The molecular formula is C16H20ClN3O4S. The maximum absolute atomic E-state index is 12.4. The van der Waals surface area contributed by atoms with Gasteiger partial charge in [0.25, 0.3) is 0 Å². The molecule has 1 N–H and O–H groups in total. The Hall–Kier alpha value is -1.80. The van der Waals surface area contributed by atoms with Crippen LogP contribution in [0.2, 0.25) is 5.02 Å². The summed E-state index contributed by atoms with van der Waals surface area (Å²) in [7, 11) is -3.07. The highest BCUT2D eigenvalue weighted by molar-refractivity contribution is 7.91. The number of anilines is 1. The maximum Gasteiger partial charge on any atom is 0.321 e. The molecule has 2 aliphatic rings. The molecule has 1 aromatic rings. The molecule has 9 heteroatoms. The number of halogens is 1. The third-order valence-corrected chi connectivity index (χ3v) is 6.58. The summed E-state index contributed by atoms with van der Waals surface area (Å²) in [6.07, 6.45) is 0.401. The van der Waals surface area contributed by atoms with Crippen molar-refractivity contribution in [1.82, 2.24) is 9.80 Å². The molecule has 2 fully saturated rings. The number of piperazine rings is 1. The number of sulfone groups is 1. The molecule has 0 spiro atoms. The number of amides is 3. The Kier molecular flexibility index (Phi) is 5.19. The molecule has 0 saturated carbocycles. The first-order valence-electron chi connectivity index (χ1n) is 8.15. The van der Waals surface area contributed by atoms with Crippen LogP contribution in [0.15, 0.2) is 24.3 Å². The van der Waals surface area contributed by atoms with Crippen LogP contribution in [-0.4, -0.2) is 67.8 Å². The Bertz CT molecular complexity index is 758. The van der Waals surface area contributed by atoms with Gasteiger partial charge in [-0.3, -0.25) is 4.79 Å². The van der Waals surface area contributed by atoms with Gasteiger partial charge in [0, 0.05) is 36.9 Å². The molecule has 7 nitrogen and oxygen atoms in total. The van der Waals surface area contributed by atoms with Gasteiger partial charge in [-0.15, -0.1) is 0 Å². The lowest BCUT2D eigenvalue weighted by atomic mass is 10.1. The second-order valence-corrected chi connectivity index (χ2v) is 9.01. The third-order valence-electron chi connectivity index (χ3n) is 4.56. The molecule has 0 bridgehead atoms. The number of carbonyl (C=O) groups excluding carboxylic acids is 2. The number of nitrogens with one attached hydrogen (secondary N) is 1. The summed E-state index contributed by atoms with van der Waals surface area (Å²) in [5.41, 5.74) is 0.657. The summed E-state index contributed by atoms with van der Waals surface area (Å²) in [5.74, 6) is -0.506. The number of nitrogens with zero attached hydrogens (tertiary/aromatic N) is 2. The normalized spacial score (nSPS) is 22.7. The van der Waals surface area contributed by atoms with Crippen LogP contribution in [0.1, 0.15) is 6.42 Å². The lowest BCUT2D eigenvalue weighted by molar-refractivity contribution is -0.136. The second-order valence-electron chi connectivity index (χ2n) is 6.35. The first kappa shape index (κ1) is 18.0. The number of urea groups is 1. The fraction of sp³-hybridized carbons (Fsp3) is 0.500. The molecule has 1 aromatic carbocycles. The van der Waals surface area contributed by atoms with E-state index in [1.165, 1.54) is 0 Å². The molecule has 0 radical (unpaired) electrons. The van der Waals surface area contributed by atoms with E-state index >= 15 is 0 Å². The molecule has 2 heterocycles. The Labute approximate surface area is 151 Å². The van der Waals surface area contributed by atoms with Crippen LogP contribution in [0.25, 0.3) is 0 Å². The predicted molar refractivity (Wildman–Crippen MR) is 95.4 cm³/mol. The first-order valence-corrected chi connectivity index (χ1v) is 10.3. The van der Waals surface area contributed by atoms with E-state index in [1.54, 1.807) is 34.1 Å². The van der Waals surface area contributed by atoms with Crippen molar-refractivity contribution in [2.24, 2.45) is 5.92 Å². The van der Waals surface area contributed by atoms with E-state index in [2.05, 4.69) is 5.32 Å². The van der Waals surface area contributed by atoms with Crippen molar-refractivity contribution in [3.05, 3.63) is 29.3 Å². The standard InChI is InChI=1S/C16H20ClN3O4S/c17-13-1-3-14(4-2-13)18-16(22)20-8-6-19(7-9-20)15(21)12-5-10-25(23,24)11-12/h1-4,12H,5-11H2,(H,18,22)/t12-/m0/s1. The van der Waals surface area contributed by atoms with Gasteiger partial charge >= 0.3 is 6.03 Å². The van der Waals surface area contributed by atoms with Gasteiger partial charge in [-0.05, 0) is 30.7 Å².